The van der Waals surface area contributed by atoms with Crippen molar-refractivity contribution in [2.24, 2.45) is 16.0 Å². The zero-order valence-corrected chi connectivity index (χ0v) is 16.2. The van der Waals surface area contributed by atoms with Crippen LogP contribution in [0.4, 0.5) is 27.5 Å². The van der Waals surface area contributed by atoms with E-state index in [9.17, 15) is 4.79 Å². The van der Waals surface area contributed by atoms with Crippen LogP contribution in [0.1, 0.15) is 0 Å². The molecule has 4 rings (SSSR count). The molecule has 0 atom stereocenters. The lowest BCUT2D eigenvalue weighted by atomic mass is 10.0. The number of rotatable bonds is 5. The number of hydrogen-bond acceptors (Lipinski definition) is 3. The third-order valence-electron chi connectivity index (χ3n) is 4.58. The van der Waals surface area contributed by atoms with Gasteiger partial charge in [-0.15, -0.1) is 0 Å². The summed E-state index contributed by atoms with van der Waals surface area (Å²) in [4.78, 5) is 13.6. The van der Waals surface area contributed by atoms with E-state index < -0.39 is 6.03 Å². The van der Waals surface area contributed by atoms with Crippen LogP contribution in [0, 0.1) is 0 Å². The Kier molecular flexibility index (Phi) is 5.62. The van der Waals surface area contributed by atoms with Crippen molar-refractivity contribution in [1.29, 1.82) is 0 Å². The zero-order valence-electron chi connectivity index (χ0n) is 16.2. The van der Waals surface area contributed by atoms with Crippen LogP contribution in [-0.2, 0) is 0 Å². The van der Waals surface area contributed by atoms with E-state index in [0.29, 0.717) is 5.69 Å². The molecule has 0 saturated carbocycles. The molecule has 0 bridgehead atoms. The molecule has 0 aliphatic heterocycles. The smallest absolute Gasteiger partial charge is 0.323 e. The van der Waals surface area contributed by atoms with Gasteiger partial charge in [-0.1, -0.05) is 60.7 Å². The number of urea groups is 1. The molecule has 2 amide bonds. The monoisotopic (exact) mass is 392 g/mol. The first-order valence-electron chi connectivity index (χ1n) is 9.52. The van der Waals surface area contributed by atoms with Crippen LogP contribution in [0.5, 0.6) is 0 Å². The molecular weight excluding hydrogens is 372 g/mol. The van der Waals surface area contributed by atoms with Crippen LogP contribution in [-0.4, -0.2) is 6.03 Å². The highest BCUT2D eigenvalue weighted by atomic mass is 16.2. The number of azo groups is 1. The summed E-state index contributed by atoms with van der Waals surface area (Å²) in [6.07, 6.45) is 0. The van der Waals surface area contributed by atoms with Crippen molar-refractivity contribution in [2.75, 3.05) is 4.90 Å². The molecular formula is C25H20N4O. The van der Waals surface area contributed by atoms with Gasteiger partial charge in [-0.3, -0.25) is 4.90 Å². The van der Waals surface area contributed by atoms with Crippen molar-refractivity contribution in [1.82, 2.24) is 0 Å². The summed E-state index contributed by atoms with van der Waals surface area (Å²) in [6, 6.07) is 33.9. The first-order valence-corrected chi connectivity index (χ1v) is 9.52. The molecule has 0 aliphatic carbocycles. The number of amides is 2. The highest BCUT2D eigenvalue weighted by Gasteiger charge is 2.15. The Morgan fingerprint density at radius 1 is 0.600 bits per heavy atom. The predicted molar refractivity (Wildman–Crippen MR) is 121 cm³/mol. The highest BCUT2D eigenvalue weighted by molar-refractivity contribution is 5.99. The number of carbonyl (C=O) groups excluding carboxylic acids is 1. The van der Waals surface area contributed by atoms with E-state index in [0.717, 1.165) is 28.2 Å². The minimum Gasteiger partial charge on any atom is -0.351 e. The molecule has 5 heteroatoms. The van der Waals surface area contributed by atoms with E-state index in [1.807, 2.05) is 109 Å². The molecule has 5 nitrogen and oxygen atoms in total. The molecule has 146 valence electrons. The molecule has 0 spiro atoms. The van der Waals surface area contributed by atoms with Gasteiger partial charge in [0.25, 0.3) is 0 Å². The minimum absolute atomic E-state index is 0.532. The van der Waals surface area contributed by atoms with Gasteiger partial charge in [-0.25, -0.2) is 4.79 Å². The fourth-order valence-corrected chi connectivity index (χ4v) is 3.14. The second-order valence-corrected chi connectivity index (χ2v) is 6.64. The van der Waals surface area contributed by atoms with Gasteiger partial charge in [-0.05, 0) is 59.7 Å². The number of para-hydroxylation sites is 1. The molecule has 0 aromatic heterocycles. The van der Waals surface area contributed by atoms with Crippen LogP contribution in [0.15, 0.2) is 119 Å². The quantitative estimate of drug-likeness (QED) is 0.365. The molecule has 0 fully saturated rings. The summed E-state index contributed by atoms with van der Waals surface area (Å²) in [5.74, 6) is 0. The molecule has 0 radical (unpaired) electrons. The van der Waals surface area contributed by atoms with E-state index in [4.69, 9.17) is 5.73 Å². The van der Waals surface area contributed by atoms with Crippen LogP contribution in [0.3, 0.4) is 0 Å². The largest absolute Gasteiger partial charge is 0.351 e. The molecule has 4 aromatic rings. The predicted octanol–water partition coefficient (Wildman–Crippen LogP) is 6.99. The van der Waals surface area contributed by atoms with E-state index in [1.165, 1.54) is 4.90 Å². The lowest BCUT2D eigenvalue weighted by molar-refractivity contribution is 0.256. The van der Waals surface area contributed by atoms with Crippen molar-refractivity contribution in [3.8, 4) is 11.1 Å². The van der Waals surface area contributed by atoms with E-state index >= 15 is 0 Å². The molecule has 0 unspecified atom stereocenters. The molecule has 0 aliphatic rings. The van der Waals surface area contributed by atoms with Crippen molar-refractivity contribution < 1.29 is 4.79 Å². The van der Waals surface area contributed by atoms with Gasteiger partial charge in [0, 0.05) is 0 Å². The van der Waals surface area contributed by atoms with Gasteiger partial charge in [0.1, 0.15) is 0 Å². The Morgan fingerprint density at radius 3 is 1.80 bits per heavy atom. The maximum absolute atomic E-state index is 12.1. The first kappa shape index (κ1) is 19.1. The van der Waals surface area contributed by atoms with Crippen LogP contribution in [0.25, 0.3) is 11.1 Å². The second-order valence-electron chi connectivity index (χ2n) is 6.64. The minimum atomic E-state index is -0.532. The Morgan fingerprint density at radius 2 is 1.17 bits per heavy atom. The van der Waals surface area contributed by atoms with Gasteiger partial charge in [0.2, 0.25) is 0 Å². The van der Waals surface area contributed by atoms with Gasteiger partial charge in [0.05, 0.1) is 22.7 Å². The summed E-state index contributed by atoms with van der Waals surface area (Å²) in [5.41, 5.74) is 10.6. The zero-order chi connectivity index (χ0) is 20.8. The average Bonchev–Trinajstić information content (AvgIpc) is 2.80. The summed E-state index contributed by atoms with van der Waals surface area (Å²) in [6.45, 7) is 0. The maximum atomic E-state index is 12.1. The topological polar surface area (TPSA) is 71.1 Å². The summed E-state index contributed by atoms with van der Waals surface area (Å²) >= 11 is 0. The number of primary amides is 1. The van der Waals surface area contributed by atoms with Crippen molar-refractivity contribution in [3.63, 3.8) is 0 Å². The summed E-state index contributed by atoms with van der Waals surface area (Å²) in [7, 11) is 0. The highest BCUT2D eigenvalue weighted by Crippen LogP contribution is 2.30. The molecule has 4 aromatic carbocycles. The van der Waals surface area contributed by atoms with E-state index in [2.05, 4.69) is 10.2 Å². The Labute approximate surface area is 175 Å². The van der Waals surface area contributed by atoms with E-state index in [1.54, 1.807) is 0 Å². The Hall–Kier alpha value is -4.25. The maximum Gasteiger partial charge on any atom is 0.323 e. The van der Waals surface area contributed by atoms with E-state index in [-0.39, 0.29) is 0 Å². The van der Waals surface area contributed by atoms with Crippen LogP contribution in [0.2, 0.25) is 0 Å². The Bertz CT molecular complexity index is 1160. The number of nitrogens with zero attached hydrogens (tertiary/aromatic N) is 3. The number of benzene rings is 4. The fourth-order valence-electron chi connectivity index (χ4n) is 3.14. The van der Waals surface area contributed by atoms with Crippen molar-refractivity contribution in [3.05, 3.63) is 109 Å². The lowest BCUT2D eigenvalue weighted by Gasteiger charge is -2.21. The average molecular weight is 392 g/mol. The number of anilines is 2. The number of hydrogen-bond donors (Lipinski definition) is 1. The fraction of sp³-hybridized carbons (Fsp3) is 0. The van der Waals surface area contributed by atoms with Crippen molar-refractivity contribution >= 4 is 28.8 Å². The van der Waals surface area contributed by atoms with Gasteiger partial charge in [0.15, 0.2) is 0 Å². The third-order valence-corrected chi connectivity index (χ3v) is 4.58. The first-order chi connectivity index (χ1) is 14.7. The standard InChI is InChI=1S/C25H20N4O/c26-25(30)29(23-11-5-2-6-12-23)24-13-7-8-20(18-24)19-14-16-22(17-15-19)28-27-21-9-3-1-4-10-21/h1-18H,(H2,26,30). The Balaban J connectivity index is 1.59. The van der Waals surface area contributed by atoms with Gasteiger partial charge in [-0.2, -0.15) is 10.2 Å². The normalized spacial score (nSPS) is 10.8. The molecule has 2 N–H and O–H groups in total. The van der Waals surface area contributed by atoms with Gasteiger partial charge >= 0.3 is 6.03 Å². The van der Waals surface area contributed by atoms with Crippen molar-refractivity contribution in [2.45, 2.75) is 0 Å². The molecule has 0 saturated heterocycles. The molecule has 30 heavy (non-hydrogen) atoms. The number of nitrogens with two attached hydrogens (primary N) is 1. The second kappa shape index (κ2) is 8.84. The third kappa shape index (κ3) is 4.42. The van der Waals surface area contributed by atoms with Gasteiger partial charge < -0.3 is 5.73 Å². The van der Waals surface area contributed by atoms with Crippen LogP contribution < -0.4 is 10.6 Å². The summed E-state index contributed by atoms with van der Waals surface area (Å²) in [5, 5.41) is 8.51. The lowest BCUT2D eigenvalue weighted by Crippen LogP contribution is -2.31. The molecule has 0 heterocycles. The SMILES string of the molecule is NC(=O)N(c1ccccc1)c1cccc(-c2ccc(N=Nc3ccccc3)cc2)c1. The van der Waals surface area contributed by atoms with Crippen LogP contribution >= 0.6 is 0 Å². The summed E-state index contributed by atoms with van der Waals surface area (Å²) < 4.78 is 0. The number of carbonyl (C=O) groups is 1.